The molecule has 0 amide bonds. The number of hydrogen-bond acceptors (Lipinski definition) is 3. The van der Waals surface area contributed by atoms with Gasteiger partial charge in [-0.25, -0.2) is 0 Å². The molecule has 1 aliphatic heterocycles. The quantitative estimate of drug-likeness (QED) is 0.808. The monoisotopic (exact) mass is 305 g/mol. The van der Waals surface area contributed by atoms with E-state index in [4.69, 9.17) is 15.2 Å². The van der Waals surface area contributed by atoms with Crippen LogP contribution in [0.2, 0.25) is 0 Å². The lowest BCUT2D eigenvalue weighted by Crippen LogP contribution is -2.21. The maximum absolute atomic E-state index is 6.01. The number of rotatable bonds is 1. The second kappa shape index (κ2) is 3.94. The number of ether oxygens (including phenoxy) is 2. The zero-order valence-corrected chi connectivity index (χ0v) is 10.1. The Bertz CT molecular complexity index is 354. The molecule has 2 rings (SSSR count). The predicted octanol–water partition coefficient (Wildman–Crippen LogP) is 2.08. The van der Waals surface area contributed by atoms with E-state index in [0.29, 0.717) is 6.61 Å². The number of benzene rings is 1. The summed E-state index contributed by atoms with van der Waals surface area (Å²) in [4.78, 5) is 0. The van der Waals surface area contributed by atoms with Gasteiger partial charge in [0.05, 0.1) is 13.7 Å². The summed E-state index contributed by atoms with van der Waals surface area (Å²) < 4.78 is 11.8. The molecule has 1 aromatic carbocycles. The number of hydrogen-bond donors (Lipinski definition) is 1. The number of fused-ring (bicyclic) bond motifs is 1. The van der Waals surface area contributed by atoms with E-state index in [-0.39, 0.29) is 6.04 Å². The lowest BCUT2D eigenvalue weighted by atomic mass is 10.0. The van der Waals surface area contributed by atoms with Crippen molar-refractivity contribution in [3.05, 3.63) is 21.3 Å². The van der Waals surface area contributed by atoms with E-state index < -0.39 is 0 Å². The SMILES string of the molecule is COc1cc(I)c2c(c1)OCC[C@@H]2N. The predicted molar refractivity (Wildman–Crippen MR) is 62.8 cm³/mol. The smallest absolute Gasteiger partial charge is 0.128 e. The van der Waals surface area contributed by atoms with Gasteiger partial charge in [-0.15, -0.1) is 0 Å². The van der Waals surface area contributed by atoms with Crippen molar-refractivity contribution < 1.29 is 9.47 Å². The number of methoxy groups -OCH3 is 1. The molecule has 1 atom stereocenters. The van der Waals surface area contributed by atoms with Crippen molar-refractivity contribution >= 4 is 22.6 Å². The molecule has 0 saturated heterocycles. The van der Waals surface area contributed by atoms with Crippen molar-refractivity contribution in [1.29, 1.82) is 0 Å². The van der Waals surface area contributed by atoms with E-state index in [1.165, 1.54) is 0 Å². The standard InChI is InChI=1S/C10H12INO2/c1-13-6-4-7(11)10-8(12)2-3-14-9(10)5-6/h4-5,8H,2-3,12H2,1H3/t8-/m0/s1. The van der Waals surface area contributed by atoms with Crippen molar-refractivity contribution in [1.82, 2.24) is 0 Å². The molecule has 0 saturated carbocycles. The number of halogens is 1. The highest BCUT2D eigenvalue weighted by Gasteiger charge is 2.21. The molecular weight excluding hydrogens is 293 g/mol. The van der Waals surface area contributed by atoms with Crippen LogP contribution in [0.5, 0.6) is 11.5 Å². The first kappa shape index (κ1) is 10.0. The fourth-order valence-electron chi connectivity index (χ4n) is 1.61. The van der Waals surface area contributed by atoms with E-state index in [2.05, 4.69) is 22.6 Å². The summed E-state index contributed by atoms with van der Waals surface area (Å²) in [7, 11) is 1.65. The van der Waals surface area contributed by atoms with E-state index in [1.807, 2.05) is 12.1 Å². The maximum Gasteiger partial charge on any atom is 0.128 e. The minimum Gasteiger partial charge on any atom is -0.497 e. The first-order valence-corrected chi connectivity index (χ1v) is 5.56. The Morgan fingerprint density at radius 1 is 1.57 bits per heavy atom. The maximum atomic E-state index is 6.01. The van der Waals surface area contributed by atoms with Crippen molar-refractivity contribution in [3.63, 3.8) is 0 Å². The Hall–Kier alpha value is -0.490. The third kappa shape index (κ3) is 1.68. The van der Waals surface area contributed by atoms with Crippen molar-refractivity contribution in [2.75, 3.05) is 13.7 Å². The van der Waals surface area contributed by atoms with Crippen molar-refractivity contribution in [2.24, 2.45) is 5.73 Å². The average Bonchev–Trinajstić information content (AvgIpc) is 2.17. The second-order valence-electron chi connectivity index (χ2n) is 3.26. The van der Waals surface area contributed by atoms with Gasteiger partial charge in [0, 0.05) is 27.7 Å². The average molecular weight is 305 g/mol. The molecule has 3 nitrogen and oxygen atoms in total. The van der Waals surface area contributed by atoms with Crippen LogP contribution >= 0.6 is 22.6 Å². The first-order chi connectivity index (χ1) is 6.72. The summed E-state index contributed by atoms with van der Waals surface area (Å²) in [5.74, 6) is 1.69. The molecule has 0 unspecified atom stereocenters. The highest BCUT2D eigenvalue weighted by atomic mass is 127. The molecule has 1 heterocycles. The van der Waals surface area contributed by atoms with Gasteiger partial charge in [0.1, 0.15) is 11.5 Å². The number of nitrogens with two attached hydrogens (primary N) is 1. The Kier molecular flexibility index (Phi) is 2.83. The Morgan fingerprint density at radius 3 is 3.07 bits per heavy atom. The van der Waals surface area contributed by atoms with Crippen LogP contribution < -0.4 is 15.2 Å². The van der Waals surface area contributed by atoms with Crippen molar-refractivity contribution in [2.45, 2.75) is 12.5 Å². The molecule has 2 N–H and O–H groups in total. The van der Waals surface area contributed by atoms with Crippen LogP contribution in [0.3, 0.4) is 0 Å². The largest absolute Gasteiger partial charge is 0.497 e. The third-order valence-electron chi connectivity index (χ3n) is 2.36. The van der Waals surface area contributed by atoms with Crippen LogP contribution in [0.1, 0.15) is 18.0 Å². The third-order valence-corrected chi connectivity index (χ3v) is 3.25. The van der Waals surface area contributed by atoms with Crippen LogP contribution in [-0.4, -0.2) is 13.7 Å². The molecule has 4 heteroatoms. The summed E-state index contributed by atoms with van der Waals surface area (Å²) in [5.41, 5.74) is 7.12. The van der Waals surface area contributed by atoms with Crippen LogP contribution in [0, 0.1) is 3.57 Å². The normalized spacial score (nSPS) is 19.8. The van der Waals surface area contributed by atoms with Gasteiger partial charge in [0.15, 0.2) is 0 Å². The summed E-state index contributed by atoms with van der Waals surface area (Å²) in [6.07, 6.45) is 0.884. The molecule has 0 aliphatic carbocycles. The van der Waals surface area contributed by atoms with Crippen LogP contribution in [0.15, 0.2) is 12.1 Å². The molecule has 14 heavy (non-hydrogen) atoms. The lowest BCUT2D eigenvalue weighted by Gasteiger charge is -2.24. The highest BCUT2D eigenvalue weighted by Crippen LogP contribution is 2.37. The Morgan fingerprint density at radius 2 is 2.36 bits per heavy atom. The minimum absolute atomic E-state index is 0.0940. The van der Waals surface area contributed by atoms with Gasteiger partial charge < -0.3 is 15.2 Å². The van der Waals surface area contributed by atoms with Gasteiger partial charge in [-0.1, -0.05) is 0 Å². The van der Waals surface area contributed by atoms with Gasteiger partial charge in [-0.3, -0.25) is 0 Å². The topological polar surface area (TPSA) is 44.5 Å². The zero-order valence-electron chi connectivity index (χ0n) is 7.92. The lowest BCUT2D eigenvalue weighted by molar-refractivity contribution is 0.266. The summed E-state index contributed by atoms with van der Waals surface area (Å²) in [6.45, 7) is 0.692. The fourth-order valence-corrected chi connectivity index (χ4v) is 2.58. The first-order valence-electron chi connectivity index (χ1n) is 4.48. The molecular formula is C10H12INO2. The van der Waals surface area contributed by atoms with E-state index in [9.17, 15) is 0 Å². The van der Waals surface area contributed by atoms with Gasteiger partial charge in [-0.2, -0.15) is 0 Å². The Labute approximate surface area is 96.7 Å². The highest BCUT2D eigenvalue weighted by molar-refractivity contribution is 14.1. The van der Waals surface area contributed by atoms with Gasteiger partial charge >= 0.3 is 0 Å². The van der Waals surface area contributed by atoms with E-state index in [1.54, 1.807) is 7.11 Å². The second-order valence-corrected chi connectivity index (χ2v) is 4.43. The molecule has 0 fully saturated rings. The van der Waals surface area contributed by atoms with Gasteiger partial charge in [0.25, 0.3) is 0 Å². The van der Waals surface area contributed by atoms with Crippen LogP contribution in [0.4, 0.5) is 0 Å². The molecule has 76 valence electrons. The summed E-state index contributed by atoms with van der Waals surface area (Å²) >= 11 is 2.27. The molecule has 0 bridgehead atoms. The molecule has 1 aliphatic rings. The van der Waals surface area contributed by atoms with Crippen LogP contribution in [-0.2, 0) is 0 Å². The molecule has 0 aromatic heterocycles. The zero-order chi connectivity index (χ0) is 10.1. The molecule has 0 spiro atoms. The summed E-state index contributed by atoms with van der Waals surface area (Å²) in [5, 5.41) is 0. The van der Waals surface area contributed by atoms with Crippen LogP contribution in [0.25, 0.3) is 0 Å². The van der Waals surface area contributed by atoms with Crippen molar-refractivity contribution in [3.8, 4) is 11.5 Å². The summed E-state index contributed by atoms with van der Waals surface area (Å²) in [6, 6.07) is 3.97. The Balaban J connectivity index is 2.51. The fraction of sp³-hybridized carbons (Fsp3) is 0.400. The minimum atomic E-state index is 0.0940. The van der Waals surface area contributed by atoms with Gasteiger partial charge in [-0.05, 0) is 28.7 Å². The molecule has 1 aromatic rings. The van der Waals surface area contributed by atoms with Gasteiger partial charge in [0.2, 0.25) is 0 Å². The van der Waals surface area contributed by atoms with E-state index >= 15 is 0 Å². The molecule has 0 radical (unpaired) electrons. The van der Waals surface area contributed by atoms with E-state index in [0.717, 1.165) is 27.1 Å².